The smallest absolute Gasteiger partial charge is 0.267 e. The van der Waals surface area contributed by atoms with Gasteiger partial charge in [-0.15, -0.1) is 0 Å². The van der Waals surface area contributed by atoms with Crippen molar-refractivity contribution in [1.82, 2.24) is 4.98 Å². The van der Waals surface area contributed by atoms with Gasteiger partial charge >= 0.3 is 0 Å². The lowest BCUT2D eigenvalue weighted by Crippen LogP contribution is -2.13. The molecule has 0 saturated heterocycles. The molecular formula is C13H12BrN3O. The van der Waals surface area contributed by atoms with Gasteiger partial charge in [-0.25, -0.2) is 0 Å². The molecule has 18 heavy (non-hydrogen) atoms. The quantitative estimate of drug-likeness (QED) is 0.912. The fraction of sp³-hybridized carbons (Fsp3) is 0.0769. The van der Waals surface area contributed by atoms with Crippen LogP contribution in [0, 0.1) is 0 Å². The van der Waals surface area contributed by atoms with Gasteiger partial charge in [0.2, 0.25) is 0 Å². The number of carbonyl (C=O) groups is 1. The molecule has 0 fully saturated rings. The molecular weight excluding hydrogens is 294 g/mol. The number of rotatable bonds is 4. The van der Waals surface area contributed by atoms with Crippen LogP contribution < -0.4 is 11.1 Å². The summed E-state index contributed by atoms with van der Waals surface area (Å²) in [6, 6.07) is 11.4. The molecule has 3 N–H and O–H groups in total. The Kier molecular flexibility index (Phi) is 3.94. The summed E-state index contributed by atoms with van der Waals surface area (Å²) in [5.74, 6) is -0.527. The Morgan fingerprint density at radius 2 is 2.17 bits per heavy atom. The maximum atomic E-state index is 11.0. The van der Waals surface area contributed by atoms with Crippen LogP contribution in [0.1, 0.15) is 16.1 Å². The van der Waals surface area contributed by atoms with Crippen molar-refractivity contribution in [3.63, 3.8) is 0 Å². The number of pyridine rings is 1. The van der Waals surface area contributed by atoms with E-state index in [1.54, 1.807) is 18.3 Å². The molecule has 0 aliphatic carbocycles. The van der Waals surface area contributed by atoms with Crippen LogP contribution in [-0.2, 0) is 6.54 Å². The number of hydrogen-bond donors (Lipinski definition) is 2. The molecule has 0 atom stereocenters. The third-order valence-corrected chi connectivity index (χ3v) is 2.89. The molecule has 0 radical (unpaired) electrons. The molecule has 1 amide bonds. The van der Waals surface area contributed by atoms with E-state index in [2.05, 4.69) is 26.2 Å². The van der Waals surface area contributed by atoms with Gasteiger partial charge in [0.15, 0.2) is 0 Å². The fourth-order valence-corrected chi connectivity index (χ4v) is 1.97. The molecule has 4 nitrogen and oxygen atoms in total. The number of nitrogens with two attached hydrogens (primary N) is 1. The predicted octanol–water partition coefficient (Wildman–Crippen LogP) is 2.56. The Hall–Kier alpha value is -1.88. The Labute approximate surface area is 113 Å². The van der Waals surface area contributed by atoms with Crippen molar-refractivity contribution in [3.05, 3.63) is 58.3 Å². The van der Waals surface area contributed by atoms with Gasteiger partial charge in [0.1, 0.15) is 5.69 Å². The zero-order valence-electron chi connectivity index (χ0n) is 9.56. The first kappa shape index (κ1) is 12.6. The first-order valence-electron chi connectivity index (χ1n) is 5.39. The SMILES string of the molecule is NC(=O)c1cc(NCc2cccc(Br)c2)ccn1. The molecule has 2 aromatic rings. The maximum absolute atomic E-state index is 11.0. The zero-order valence-corrected chi connectivity index (χ0v) is 11.1. The monoisotopic (exact) mass is 305 g/mol. The summed E-state index contributed by atoms with van der Waals surface area (Å²) in [6.45, 7) is 0.668. The summed E-state index contributed by atoms with van der Waals surface area (Å²) >= 11 is 3.42. The van der Waals surface area contributed by atoms with E-state index in [0.29, 0.717) is 6.54 Å². The second-order valence-electron chi connectivity index (χ2n) is 3.78. The van der Waals surface area contributed by atoms with Crippen molar-refractivity contribution in [3.8, 4) is 0 Å². The first-order valence-corrected chi connectivity index (χ1v) is 6.18. The average Bonchev–Trinajstić information content (AvgIpc) is 2.37. The second kappa shape index (κ2) is 5.64. The van der Waals surface area contributed by atoms with Gasteiger partial charge in [-0.3, -0.25) is 9.78 Å². The van der Waals surface area contributed by atoms with Crippen molar-refractivity contribution >= 4 is 27.5 Å². The Balaban J connectivity index is 2.06. The number of carbonyl (C=O) groups excluding carboxylic acids is 1. The van der Waals surface area contributed by atoms with Crippen molar-refractivity contribution in [2.24, 2.45) is 5.73 Å². The highest BCUT2D eigenvalue weighted by Gasteiger charge is 2.02. The number of nitrogens with zero attached hydrogens (tertiary/aromatic N) is 1. The van der Waals surface area contributed by atoms with E-state index in [1.165, 1.54) is 0 Å². The van der Waals surface area contributed by atoms with Gasteiger partial charge in [-0.2, -0.15) is 0 Å². The number of aromatic nitrogens is 1. The molecule has 2 rings (SSSR count). The number of amides is 1. The van der Waals surface area contributed by atoms with Crippen LogP contribution in [0.2, 0.25) is 0 Å². The molecule has 0 unspecified atom stereocenters. The highest BCUT2D eigenvalue weighted by atomic mass is 79.9. The van der Waals surface area contributed by atoms with E-state index in [-0.39, 0.29) is 5.69 Å². The average molecular weight is 306 g/mol. The molecule has 1 aromatic heterocycles. The summed E-state index contributed by atoms with van der Waals surface area (Å²) in [5, 5.41) is 3.21. The van der Waals surface area contributed by atoms with Crippen LogP contribution in [0.15, 0.2) is 47.1 Å². The van der Waals surface area contributed by atoms with Crippen molar-refractivity contribution in [2.45, 2.75) is 6.54 Å². The Morgan fingerprint density at radius 1 is 1.33 bits per heavy atom. The van der Waals surface area contributed by atoms with Gasteiger partial charge in [0.25, 0.3) is 5.91 Å². The lowest BCUT2D eigenvalue weighted by molar-refractivity contribution is 0.0995. The number of primary amides is 1. The van der Waals surface area contributed by atoms with E-state index in [4.69, 9.17) is 5.73 Å². The van der Waals surface area contributed by atoms with Gasteiger partial charge in [0, 0.05) is 22.9 Å². The number of nitrogens with one attached hydrogen (secondary N) is 1. The van der Waals surface area contributed by atoms with Crippen LogP contribution >= 0.6 is 15.9 Å². The number of hydrogen-bond acceptors (Lipinski definition) is 3. The molecule has 5 heteroatoms. The number of halogens is 1. The molecule has 0 spiro atoms. The van der Waals surface area contributed by atoms with Crippen molar-refractivity contribution < 1.29 is 4.79 Å². The second-order valence-corrected chi connectivity index (χ2v) is 4.69. The minimum Gasteiger partial charge on any atom is -0.381 e. The van der Waals surface area contributed by atoms with E-state index in [0.717, 1.165) is 15.7 Å². The van der Waals surface area contributed by atoms with Gasteiger partial charge in [0.05, 0.1) is 0 Å². The fourth-order valence-electron chi connectivity index (χ4n) is 1.53. The summed E-state index contributed by atoms with van der Waals surface area (Å²) in [4.78, 5) is 14.9. The molecule has 92 valence electrons. The molecule has 0 saturated carbocycles. The largest absolute Gasteiger partial charge is 0.381 e. The molecule has 0 aliphatic heterocycles. The summed E-state index contributed by atoms with van der Waals surface area (Å²) in [5.41, 5.74) is 7.39. The Morgan fingerprint density at radius 3 is 2.89 bits per heavy atom. The molecule has 1 aromatic carbocycles. The maximum Gasteiger partial charge on any atom is 0.267 e. The summed E-state index contributed by atoms with van der Waals surface area (Å²) in [7, 11) is 0. The van der Waals surface area contributed by atoms with Crippen molar-refractivity contribution in [1.29, 1.82) is 0 Å². The standard InChI is InChI=1S/C13H12BrN3O/c14-10-3-1-2-9(6-10)8-17-11-4-5-16-12(7-11)13(15)18/h1-7H,8H2,(H2,15,18)(H,16,17). The van der Waals surface area contributed by atoms with Crippen LogP contribution in [0.5, 0.6) is 0 Å². The van der Waals surface area contributed by atoms with Crippen LogP contribution in [0.4, 0.5) is 5.69 Å². The summed E-state index contributed by atoms with van der Waals surface area (Å²) < 4.78 is 1.04. The van der Waals surface area contributed by atoms with Crippen LogP contribution in [0.3, 0.4) is 0 Å². The molecule has 1 heterocycles. The molecule has 0 aliphatic rings. The number of anilines is 1. The van der Waals surface area contributed by atoms with Gasteiger partial charge < -0.3 is 11.1 Å². The number of benzene rings is 1. The predicted molar refractivity (Wildman–Crippen MR) is 74.2 cm³/mol. The lowest BCUT2D eigenvalue weighted by atomic mass is 10.2. The van der Waals surface area contributed by atoms with Crippen molar-refractivity contribution in [2.75, 3.05) is 5.32 Å². The van der Waals surface area contributed by atoms with E-state index < -0.39 is 5.91 Å². The van der Waals surface area contributed by atoms with Gasteiger partial charge in [-0.05, 0) is 29.8 Å². The third-order valence-electron chi connectivity index (χ3n) is 2.40. The highest BCUT2D eigenvalue weighted by Crippen LogP contribution is 2.14. The molecule has 0 bridgehead atoms. The Bertz CT molecular complexity index is 572. The highest BCUT2D eigenvalue weighted by molar-refractivity contribution is 9.10. The van der Waals surface area contributed by atoms with E-state index in [1.807, 2.05) is 24.3 Å². The lowest BCUT2D eigenvalue weighted by Gasteiger charge is -2.07. The van der Waals surface area contributed by atoms with Gasteiger partial charge in [-0.1, -0.05) is 28.1 Å². The zero-order chi connectivity index (χ0) is 13.0. The van der Waals surface area contributed by atoms with E-state index in [9.17, 15) is 4.79 Å². The van der Waals surface area contributed by atoms with E-state index >= 15 is 0 Å². The topological polar surface area (TPSA) is 68.0 Å². The minimum atomic E-state index is -0.527. The normalized spacial score (nSPS) is 10.1. The summed E-state index contributed by atoms with van der Waals surface area (Å²) in [6.07, 6.45) is 1.56. The van der Waals surface area contributed by atoms with Crippen LogP contribution in [0.25, 0.3) is 0 Å². The minimum absolute atomic E-state index is 0.259. The van der Waals surface area contributed by atoms with Crippen LogP contribution in [-0.4, -0.2) is 10.9 Å². The first-order chi connectivity index (χ1) is 8.65. The third kappa shape index (κ3) is 3.30.